The molecule has 0 aromatic carbocycles. The third-order valence-electron chi connectivity index (χ3n) is 2.21. The summed E-state index contributed by atoms with van der Waals surface area (Å²) in [6, 6.07) is 0. The molecule has 0 heterocycles. The van der Waals surface area contributed by atoms with Crippen LogP contribution < -0.4 is 5.32 Å². The lowest BCUT2D eigenvalue weighted by Crippen LogP contribution is -2.30. The SMILES string of the molecule is COC(C)CCC(=O)NCC[C@H](O)C(=O)O. The summed E-state index contributed by atoms with van der Waals surface area (Å²) in [7, 11) is 1.58. The fraction of sp³-hybridized carbons (Fsp3) is 0.800. The number of carboxylic acids is 1. The number of aliphatic hydroxyl groups excluding tert-OH is 1. The smallest absolute Gasteiger partial charge is 0.332 e. The lowest BCUT2D eigenvalue weighted by molar-refractivity contribution is -0.147. The van der Waals surface area contributed by atoms with E-state index in [1.54, 1.807) is 7.11 Å². The Hall–Kier alpha value is -1.14. The van der Waals surface area contributed by atoms with E-state index < -0.39 is 12.1 Å². The summed E-state index contributed by atoms with van der Waals surface area (Å²) in [6.45, 7) is 2.02. The van der Waals surface area contributed by atoms with E-state index in [0.717, 1.165) is 0 Å². The Bertz CT molecular complexity index is 231. The molecule has 1 amide bonds. The van der Waals surface area contributed by atoms with Crippen LogP contribution in [0.2, 0.25) is 0 Å². The van der Waals surface area contributed by atoms with Crippen LogP contribution in [0.5, 0.6) is 0 Å². The van der Waals surface area contributed by atoms with Gasteiger partial charge in [-0.3, -0.25) is 4.79 Å². The Morgan fingerprint density at radius 1 is 1.38 bits per heavy atom. The summed E-state index contributed by atoms with van der Waals surface area (Å²) >= 11 is 0. The molecule has 0 aliphatic carbocycles. The normalized spacial score (nSPS) is 14.2. The minimum Gasteiger partial charge on any atom is -0.479 e. The van der Waals surface area contributed by atoms with Gasteiger partial charge < -0.3 is 20.3 Å². The molecule has 0 rings (SSSR count). The highest BCUT2D eigenvalue weighted by Gasteiger charge is 2.13. The summed E-state index contributed by atoms with van der Waals surface area (Å²) in [4.78, 5) is 21.5. The number of ether oxygens (including phenoxy) is 1. The van der Waals surface area contributed by atoms with Gasteiger partial charge in [-0.25, -0.2) is 4.79 Å². The Morgan fingerprint density at radius 2 is 2.00 bits per heavy atom. The number of carbonyl (C=O) groups excluding carboxylic acids is 1. The van der Waals surface area contributed by atoms with E-state index >= 15 is 0 Å². The number of nitrogens with one attached hydrogen (secondary N) is 1. The van der Waals surface area contributed by atoms with Crippen molar-refractivity contribution in [1.82, 2.24) is 5.32 Å². The third kappa shape index (κ3) is 7.19. The average Bonchev–Trinajstić information content (AvgIpc) is 2.25. The van der Waals surface area contributed by atoms with Crippen LogP contribution in [0.15, 0.2) is 0 Å². The van der Waals surface area contributed by atoms with Gasteiger partial charge in [0.05, 0.1) is 6.10 Å². The Labute approximate surface area is 94.6 Å². The van der Waals surface area contributed by atoms with E-state index in [-0.39, 0.29) is 25.0 Å². The molecule has 16 heavy (non-hydrogen) atoms. The molecular weight excluding hydrogens is 214 g/mol. The summed E-state index contributed by atoms with van der Waals surface area (Å²) in [5.41, 5.74) is 0. The molecule has 3 N–H and O–H groups in total. The second-order valence-corrected chi connectivity index (χ2v) is 3.58. The van der Waals surface area contributed by atoms with Crippen molar-refractivity contribution in [3.05, 3.63) is 0 Å². The Kier molecular flexibility index (Phi) is 7.49. The number of methoxy groups -OCH3 is 1. The number of carboxylic acid groups (broad SMARTS) is 1. The third-order valence-corrected chi connectivity index (χ3v) is 2.21. The molecule has 0 radical (unpaired) electrons. The number of aliphatic carboxylic acids is 1. The maximum absolute atomic E-state index is 11.2. The Balaban J connectivity index is 3.55. The van der Waals surface area contributed by atoms with E-state index in [1.807, 2.05) is 6.92 Å². The number of hydrogen-bond donors (Lipinski definition) is 3. The minimum absolute atomic E-state index is 0.0148. The van der Waals surface area contributed by atoms with Crippen LogP contribution in [0.3, 0.4) is 0 Å². The van der Waals surface area contributed by atoms with Gasteiger partial charge in [0.2, 0.25) is 5.91 Å². The molecule has 94 valence electrons. The summed E-state index contributed by atoms with van der Waals surface area (Å²) in [5, 5.41) is 19.8. The van der Waals surface area contributed by atoms with Crippen molar-refractivity contribution < 1.29 is 24.5 Å². The van der Waals surface area contributed by atoms with Crippen molar-refractivity contribution in [2.75, 3.05) is 13.7 Å². The van der Waals surface area contributed by atoms with Gasteiger partial charge in [0, 0.05) is 26.5 Å². The molecule has 6 nitrogen and oxygen atoms in total. The van der Waals surface area contributed by atoms with Gasteiger partial charge >= 0.3 is 5.97 Å². The van der Waals surface area contributed by atoms with Crippen LogP contribution in [-0.4, -0.2) is 48.0 Å². The summed E-state index contributed by atoms with van der Waals surface area (Å²) in [6.07, 6.45) is -0.434. The zero-order chi connectivity index (χ0) is 12.6. The second kappa shape index (κ2) is 8.06. The summed E-state index contributed by atoms with van der Waals surface area (Å²) in [5.74, 6) is -1.44. The van der Waals surface area contributed by atoms with Crippen LogP contribution >= 0.6 is 0 Å². The van der Waals surface area contributed by atoms with Crippen molar-refractivity contribution in [3.63, 3.8) is 0 Å². The highest BCUT2D eigenvalue weighted by Crippen LogP contribution is 1.99. The fourth-order valence-electron chi connectivity index (χ4n) is 1.01. The van der Waals surface area contributed by atoms with Gasteiger partial charge in [-0.2, -0.15) is 0 Å². The molecule has 0 saturated heterocycles. The zero-order valence-corrected chi connectivity index (χ0v) is 9.60. The average molecular weight is 233 g/mol. The van der Waals surface area contributed by atoms with E-state index in [9.17, 15) is 9.59 Å². The lowest BCUT2D eigenvalue weighted by atomic mass is 10.2. The molecule has 0 aliphatic heterocycles. The topological polar surface area (TPSA) is 95.9 Å². The Morgan fingerprint density at radius 3 is 2.50 bits per heavy atom. The van der Waals surface area contributed by atoms with Gasteiger partial charge in [-0.1, -0.05) is 0 Å². The second-order valence-electron chi connectivity index (χ2n) is 3.58. The number of rotatable bonds is 8. The van der Waals surface area contributed by atoms with E-state index in [1.165, 1.54) is 0 Å². The first-order valence-electron chi connectivity index (χ1n) is 5.17. The van der Waals surface area contributed by atoms with Crippen molar-refractivity contribution in [1.29, 1.82) is 0 Å². The van der Waals surface area contributed by atoms with Crippen molar-refractivity contribution in [2.24, 2.45) is 0 Å². The number of aliphatic hydroxyl groups is 1. The monoisotopic (exact) mass is 233 g/mol. The minimum atomic E-state index is -1.42. The number of carbonyl (C=O) groups is 2. The quantitative estimate of drug-likeness (QED) is 0.537. The first-order valence-corrected chi connectivity index (χ1v) is 5.17. The van der Waals surface area contributed by atoms with Gasteiger partial charge in [0.25, 0.3) is 0 Å². The molecule has 0 aromatic rings. The molecular formula is C10H19NO5. The van der Waals surface area contributed by atoms with Crippen LogP contribution in [0.1, 0.15) is 26.2 Å². The number of amides is 1. The highest BCUT2D eigenvalue weighted by atomic mass is 16.5. The van der Waals surface area contributed by atoms with Crippen LogP contribution in [-0.2, 0) is 14.3 Å². The van der Waals surface area contributed by atoms with E-state index in [4.69, 9.17) is 14.9 Å². The van der Waals surface area contributed by atoms with Crippen LogP contribution in [0.25, 0.3) is 0 Å². The molecule has 0 aliphatic rings. The predicted octanol–water partition coefficient (Wildman–Crippen LogP) is -0.247. The predicted molar refractivity (Wildman–Crippen MR) is 57.0 cm³/mol. The molecule has 6 heteroatoms. The lowest BCUT2D eigenvalue weighted by Gasteiger charge is -2.10. The highest BCUT2D eigenvalue weighted by molar-refractivity contribution is 5.76. The van der Waals surface area contributed by atoms with Gasteiger partial charge in [0.15, 0.2) is 6.10 Å². The molecule has 0 bridgehead atoms. The van der Waals surface area contributed by atoms with Crippen molar-refractivity contribution in [3.8, 4) is 0 Å². The van der Waals surface area contributed by atoms with Crippen LogP contribution in [0.4, 0.5) is 0 Å². The maximum Gasteiger partial charge on any atom is 0.332 e. The van der Waals surface area contributed by atoms with E-state index in [2.05, 4.69) is 5.32 Å². The van der Waals surface area contributed by atoms with Crippen LogP contribution in [0, 0.1) is 0 Å². The number of hydrogen-bond acceptors (Lipinski definition) is 4. The fourth-order valence-corrected chi connectivity index (χ4v) is 1.01. The molecule has 2 atom stereocenters. The van der Waals surface area contributed by atoms with Gasteiger partial charge in [-0.05, 0) is 13.3 Å². The molecule has 0 aromatic heterocycles. The zero-order valence-electron chi connectivity index (χ0n) is 9.60. The first-order chi connectivity index (χ1) is 7.47. The molecule has 0 saturated carbocycles. The van der Waals surface area contributed by atoms with Gasteiger partial charge in [-0.15, -0.1) is 0 Å². The van der Waals surface area contributed by atoms with Gasteiger partial charge in [0.1, 0.15) is 0 Å². The summed E-state index contributed by atoms with van der Waals surface area (Å²) < 4.78 is 4.98. The largest absolute Gasteiger partial charge is 0.479 e. The molecule has 0 spiro atoms. The van der Waals surface area contributed by atoms with Crippen molar-refractivity contribution in [2.45, 2.75) is 38.4 Å². The van der Waals surface area contributed by atoms with Crippen molar-refractivity contribution >= 4 is 11.9 Å². The molecule has 0 fully saturated rings. The first kappa shape index (κ1) is 14.9. The standard InChI is InChI=1S/C10H19NO5/c1-7(16-2)3-4-9(13)11-6-5-8(12)10(14)15/h7-8,12H,3-6H2,1-2H3,(H,11,13)(H,14,15)/t7?,8-/m0/s1. The maximum atomic E-state index is 11.2. The molecule has 1 unspecified atom stereocenters. The van der Waals surface area contributed by atoms with E-state index in [0.29, 0.717) is 12.8 Å².